The highest BCUT2D eigenvalue weighted by Gasteiger charge is 2.39. The van der Waals surface area contributed by atoms with Crippen molar-refractivity contribution in [2.75, 3.05) is 0 Å². The number of halogens is 4. The van der Waals surface area contributed by atoms with E-state index in [0.29, 0.717) is 12.6 Å². The second-order valence-corrected chi connectivity index (χ2v) is 9.32. The summed E-state index contributed by atoms with van der Waals surface area (Å²) < 4.78 is 59.7. The van der Waals surface area contributed by atoms with Crippen molar-refractivity contribution in [1.82, 2.24) is 35.5 Å². The zero-order chi connectivity index (χ0) is 27.0. The molecule has 0 radical (unpaired) electrons. The number of aliphatic hydroxyl groups excluding tert-OH is 1. The molecule has 11 nitrogen and oxygen atoms in total. The summed E-state index contributed by atoms with van der Waals surface area (Å²) in [5.41, 5.74) is 0.823. The molecule has 1 saturated carbocycles. The van der Waals surface area contributed by atoms with E-state index in [2.05, 4.69) is 35.7 Å². The molecule has 3 heterocycles. The number of hydrogen-bond donors (Lipinski definition) is 3. The van der Waals surface area contributed by atoms with Crippen molar-refractivity contribution < 1.29 is 36.9 Å². The number of aliphatic hydroxyl groups is 1. The number of alkyl halides is 4. The molecule has 3 N–H and O–H groups in total. The van der Waals surface area contributed by atoms with Crippen LogP contribution in [0.1, 0.15) is 78.7 Å². The number of hydrogen-bond acceptors (Lipinski definition) is 8. The van der Waals surface area contributed by atoms with E-state index in [4.69, 9.17) is 0 Å². The summed E-state index contributed by atoms with van der Waals surface area (Å²) in [5, 5.41) is 26.4. The van der Waals surface area contributed by atoms with E-state index in [9.17, 15) is 32.3 Å². The van der Waals surface area contributed by atoms with E-state index < -0.39 is 42.3 Å². The Kier molecular flexibility index (Phi) is 7.17. The molecule has 3 aromatic heterocycles. The molecule has 0 saturated heterocycles. The van der Waals surface area contributed by atoms with Crippen molar-refractivity contribution >= 4 is 17.5 Å². The Balaban J connectivity index is 1.58. The summed E-state index contributed by atoms with van der Waals surface area (Å²) in [7, 11) is 0. The van der Waals surface area contributed by atoms with Crippen LogP contribution < -0.4 is 10.6 Å². The van der Waals surface area contributed by atoms with Crippen LogP contribution in [0.15, 0.2) is 23.1 Å². The minimum Gasteiger partial charge on any atom is -0.369 e. The predicted molar refractivity (Wildman–Crippen MR) is 117 cm³/mol. The Morgan fingerprint density at radius 3 is 2.59 bits per heavy atom. The molecule has 1 aliphatic carbocycles. The van der Waals surface area contributed by atoms with Gasteiger partial charge in [-0.05, 0) is 43.8 Å². The fourth-order valence-corrected chi connectivity index (χ4v) is 4.25. The average molecular weight is 527 g/mol. The van der Waals surface area contributed by atoms with Crippen LogP contribution in [-0.4, -0.2) is 53.7 Å². The number of nitrogens with one attached hydrogen (secondary N) is 2. The minimum absolute atomic E-state index is 0.0492. The molecule has 1 aliphatic rings. The van der Waals surface area contributed by atoms with Crippen LogP contribution in [0.3, 0.4) is 0 Å². The van der Waals surface area contributed by atoms with Crippen molar-refractivity contribution in [3.05, 3.63) is 41.1 Å². The van der Waals surface area contributed by atoms with Gasteiger partial charge in [0, 0.05) is 18.4 Å². The molecular formula is C22H25F4N7O4. The molecule has 4 rings (SSSR count). The molecule has 1 fully saturated rings. The molecule has 2 atom stereocenters. The SMILES string of the molecule is Cc1nonc1C(=O)N[C@H](c1cn2ncc([C@@H](O)NC(=O)CC(C)(F)F)cc2n1)C1CCC(F)(F)CC1. The van der Waals surface area contributed by atoms with Crippen molar-refractivity contribution in [3.8, 4) is 0 Å². The number of carbonyl (C=O) groups is 2. The van der Waals surface area contributed by atoms with Gasteiger partial charge in [0.1, 0.15) is 5.69 Å². The highest BCUT2D eigenvalue weighted by Crippen LogP contribution is 2.41. The third-order valence-corrected chi connectivity index (χ3v) is 6.15. The minimum atomic E-state index is -3.24. The molecule has 3 aromatic rings. The van der Waals surface area contributed by atoms with Gasteiger partial charge < -0.3 is 15.7 Å². The maximum absolute atomic E-state index is 13.8. The summed E-state index contributed by atoms with van der Waals surface area (Å²) >= 11 is 0. The summed E-state index contributed by atoms with van der Waals surface area (Å²) in [4.78, 5) is 29.0. The molecule has 0 unspecified atom stereocenters. The van der Waals surface area contributed by atoms with E-state index in [1.165, 1.54) is 29.9 Å². The van der Waals surface area contributed by atoms with Crippen LogP contribution in [0.25, 0.3) is 5.65 Å². The third kappa shape index (κ3) is 6.39. The maximum Gasteiger partial charge on any atom is 0.276 e. The van der Waals surface area contributed by atoms with E-state index in [0.717, 1.165) is 0 Å². The zero-order valence-corrected chi connectivity index (χ0v) is 19.9. The van der Waals surface area contributed by atoms with E-state index >= 15 is 0 Å². The summed E-state index contributed by atoms with van der Waals surface area (Å²) in [6.45, 7) is 2.12. The van der Waals surface area contributed by atoms with Crippen molar-refractivity contribution in [2.45, 2.75) is 70.1 Å². The van der Waals surface area contributed by atoms with Gasteiger partial charge >= 0.3 is 0 Å². The van der Waals surface area contributed by atoms with Crippen LogP contribution in [0.4, 0.5) is 17.6 Å². The van der Waals surface area contributed by atoms with E-state index in [-0.39, 0.29) is 54.2 Å². The van der Waals surface area contributed by atoms with Gasteiger partial charge in [0.2, 0.25) is 11.8 Å². The first-order valence-electron chi connectivity index (χ1n) is 11.5. The zero-order valence-electron chi connectivity index (χ0n) is 19.9. The van der Waals surface area contributed by atoms with E-state index in [1.807, 2.05) is 0 Å². The van der Waals surface area contributed by atoms with Gasteiger partial charge in [0.15, 0.2) is 17.6 Å². The Hall–Kier alpha value is -3.62. The number of imidazole rings is 1. The van der Waals surface area contributed by atoms with E-state index in [1.54, 1.807) is 0 Å². The lowest BCUT2D eigenvalue weighted by Gasteiger charge is -2.33. The number of amides is 2. The van der Waals surface area contributed by atoms with Gasteiger partial charge in [-0.2, -0.15) is 5.10 Å². The molecular weight excluding hydrogens is 502 g/mol. The first-order valence-corrected chi connectivity index (χ1v) is 11.5. The molecule has 0 spiro atoms. The summed E-state index contributed by atoms with van der Waals surface area (Å²) in [5.74, 6) is -8.06. The standard InChI is InChI=1S/C22H25F4N7O4/c1-11-17(32-37-31-11)20(36)30-18(12-3-5-22(25,26)6-4-12)14-10-33-15(28-14)7-13(9-27-33)19(35)29-16(34)8-21(2,23)24/h7,9-10,12,18-19,35H,3-6,8H2,1-2H3,(H,29,34)(H,30,36)/t18-,19+/m0/s1. The van der Waals surface area contributed by atoms with Crippen molar-refractivity contribution in [3.63, 3.8) is 0 Å². The van der Waals surface area contributed by atoms with Gasteiger partial charge in [-0.3, -0.25) is 9.59 Å². The fraction of sp³-hybridized carbons (Fsp3) is 0.545. The lowest BCUT2D eigenvalue weighted by atomic mass is 9.81. The topological polar surface area (TPSA) is 148 Å². The van der Waals surface area contributed by atoms with Gasteiger partial charge in [-0.15, -0.1) is 0 Å². The van der Waals surface area contributed by atoms with Crippen molar-refractivity contribution in [1.29, 1.82) is 0 Å². The molecule has 0 aromatic carbocycles. The number of aromatic nitrogens is 5. The van der Waals surface area contributed by atoms with Gasteiger partial charge in [-0.1, -0.05) is 5.16 Å². The normalized spacial score (nSPS) is 17.9. The number of nitrogens with zero attached hydrogens (tertiary/aromatic N) is 5. The number of rotatable bonds is 8. The second-order valence-electron chi connectivity index (χ2n) is 9.32. The number of aryl methyl sites for hydroxylation is 1. The number of fused-ring (bicyclic) bond motifs is 1. The summed E-state index contributed by atoms with van der Waals surface area (Å²) in [6, 6.07) is 0.603. The van der Waals surface area contributed by atoms with Crippen LogP contribution >= 0.6 is 0 Å². The smallest absolute Gasteiger partial charge is 0.276 e. The van der Waals surface area contributed by atoms with Crippen LogP contribution in [0.2, 0.25) is 0 Å². The number of carbonyl (C=O) groups excluding carboxylic acids is 2. The second kappa shape index (κ2) is 10.0. The van der Waals surface area contributed by atoms with Crippen LogP contribution in [0, 0.1) is 12.8 Å². The molecule has 15 heteroatoms. The fourth-order valence-electron chi connectivity index (χ4n) is 4.25. The lowest BCUT2D eigenvalue weighted by Crippen LogP contribution is -2.37. The lowest BCUT2D eigenvalue weighted by molar-refractivity contribution is -0.130. The molecule has 37 heavy (non-hydrogen) atoms. The first kappa shape index (κ1) is 26.4. The first-order chi connectivity index (χ1) is 17.3. The highest BCUT2D eigenvalue weighted by atomic mass is 19.3. The predicted octanol–water partition coefficient (Wildman–Crippen LogP) is 2.87. The monoisotopic (exact) mass is 527 g/mol. The highest BCUT2D eigenvalue weighted by molar-refractivity contribution is 5.93. The van der Waals surface area contributed by atoms with Crippen molar-refractivity contribution in [2.24, 2.45) is 5.92 Å². The third-order valence-electron chi connectivity index (χ3n) is 6.15. The van der Waals surface area contributed by atoms with Gasteiger partial charge in [0.25, 0.3) is 11.8 Å². The molecule has 2 amide bonds. The Morgan fingerprint density at radius 2 is 1.97 bits per heavy atom. The average Bonchev–Trinajstić information content (AvgIpc) is 3.41. The van der Waals surface area contributed by atoms with Crippen LogP contribution in [0.5, 0.6) is 0 Å². The molecule has 0 aliphatic heterocycles. The van der Waals surface area contributed by atoms with Gasteiger partial charge in [-0.25, -0.2) is 31.7 Å². The maximum atomic E-state index is 13.8. The van der Waals surface area contributed by atoms with Gasteiger partial charge in [0.05, 0.1) is 30.6 Å². The quantitative estimate of drug-likeness (QED) is 0.299. The molecule has 0 bridgehead atoms. The Labute approximate surface area is 207 Å². The summed E-state index contributed by atoms with van der Waals surface area (Å²) in [6.07, 6.45) is -0.415. The largest absolute Gasteiger partial charge is 0.369 e. The Bertz CT molecular complexity index is 1280. The Morgan fingerprint density at radius 1 is 1.27 bits per heavy atom. The van der Waals surface area contributed by atoms with Crippen LogP contribution in [-0.2, 0) is 4.79 Å². The molecule has 200 valence electrons.